The monoisotopic (exact) mass is 393 g/mol. The number of halogens is 2. The van der Waals surface area contributed by atoms with Crippen LogP contribution in [0.25, 0.3) is 0 Å². The van der Waals surface area contributed by atoms with Crippen LogP contribution < -0.4 is 4.90 Å². The molecule has 0 aliphatic carbocycles. The zero-order valence-corrected chi connectivity index (χ0v) is 15.8. The summed E-state index contributed by atoms with van der Waals surface area (Å²) in [5.41, 5.74) is 2.04. The number of aryl methyl sites for hydroxylation is 2. The van der Waals surface area contributed by atoms with Gasteiger partial charge in [0, 0.05) is 11.1 Å². The normalized spacial score (nSPS) is 18.1. The van der Waals surface area contributed by atoms with Crippen molar-refractivity contribution in [3.63, 3.8) is 0 Å². The van der Waals surface area contributed by atoms with E-state index in [0.717, 1.165) is 22.6 Å². The molecular formula is C19H17ClFNO3S. The lowest BCUT2D eigenvalue weighted by Gasteiger charge is -2.29. The highest BCUT2D eigenvalue weighted by Crippen LogP contribution is 2.29. The van der Waals surface area contributed by atoms with E-state index in [1.807, 2.05) is 19.9 Å². The van der Waals surface area contributed by atoms with E-state index in [4.69, 9.17) is 11.6 Å². The second-order valence-corrected chi connectivity index (χ2v) is 8.68. The van der Waals surface area contributed by atoms with Gasteiger partial charge in [0.2, 0.25) is 0 Å². The highest BCUT2D eigenvalue weighted by atomic mass is 35.5. The van der Waals surface area contributed by atoms with Crippen LogP contribution in [0.4, 0.5) is 10.1 Å². The molecule has 0 saturated heterocycles. The molecule has 7 heteroatoms. The topological polar surface area (TPSA) is 54.5 Å². The van der Waals surface area contributed by atoms with Crippen molar-refractivity contribution in [3.8, 4) is 0 Å². The highest BCUT2D eigenvalue weighted by Gasteiger charge is 2.34. The molecule has 3 rings (SSSR count). The Bertz CT molecular complexity index is 977. The van der Waals surface area contributed by atoms with Crippen molar-refractivity contribution in [1.82, 2.24) is 0 Å². The molecular weight excluding hydrogens is 377 g/mol. The maximum absolute atomic E-state index is 14.3. The lowest BCUT2D eigenvalue weighted by Crippen LogP contribution is -2.41. The molecule has 4 nitrogen and oxygen atoms in total. The smallest absolute Gasteiger partial charge is 0.263 e. The predicted octanol–water partition coefficient (Wildman–Crippen LogP) is 4.05. The predicted molar refractivity (Wildman–Crippen MR) is 101 cm³/mol. The number of carbonyl (C=O) groups is 1. The van der Waals surface area contributed by atoms with Crippen molar-refractivity contribution >= 4 is 33.0 Å². The molecule has 0 unspecified atom stereocenters. The molecule has 1 atom stereocenters. The van der Waals surface area contributed by atoms with Gasteiger partial charge in [0.25, 0.3) is 5.91 Å². The van der Waals surface area contributed by atoms with Gasteiger partial charge in [0.05, 0.1) is 22.4 Å². The van der Waals surface area contributed by atoms with Crippen molar-refractivity contribution in [3.05, 3.63) is 75.4 Å². The van der Waals surface area contributed by atoms with Crippen LogP contribution in [-0.4, -0.2) is 26.1 Å². The van der Waals surface area contributed by atoms with Crippen molar-refractivity contribution < 1.29 is 17.6 Å². The summed E-state index contributed by atoms with van der Waals surface area (Å²) in [6.45, 7) is 3.74. The van der Waals surface area contributed by atoms with E-state index in [2.05, 4.69) is 0 Å². The fraction of sp³-hybridized carbons (Fsp3) is 0.211. The molecule has 136 valence electrons. The van der Waals surface area contributed by atoms with Crippen LogP contribution in [-0.2, 0) is 9.84 Å². The van der Waals surface area contributed by atoms with Gasteiger partial charge in [-0.1, -0.05) is 23.7 Å². The first-order valence-electron chi connectivity index (χ1n) is 7.95. The van der Waals surface area contributed by atoms with Gasteiger partial charge in [-0.3, -0.25) is 4.79 Å². The first kappa shape index (κ1) is 18.6. The number of nitrogens with zero attached hydrogens (tertiary/aromatic N) is 1. The molecule has 0 N–H and O–H groups in total. The first-order chi connectivity index (χ1) is 12.2. The third-order valence-corrected chi connectivity index (χ3v) is 5.82. The van der Waals surface area contributed by atoms with Gasteiger partial charge < -0.3 is 4.90 Å². The molecule has 1 heterocycles. The van der Waals surface area contributed by atoms with Gasteiger partial charge in [-0.25, -0.2) is 12.8 Å². The summed E-state index contributed by atoms with van der Waals surface area (Å²) in [5.74, 6) is -1.68. The second kappa shape index (κ2) is 6.85. The molecule has 0 fully saturated rings. The van der Waals surface area contributed by atoms with E-state index >= 15 is 0 Å². The number of sulfone groups is 1. The fourth-order valence-corrected chi connectivity index (χ4v) is 4.60. The van der Waals surface area contributed by atoms with Gasteiger partial charge in [0.1, 0.15) is 5.82 Å². The van der Waals surface area contributed by atoms with Crippen LogP contribution in [0.2, 0.25) is 5.02 Å². The standard InChI is InChI=1S/C19H17ClFNO3S/c1-12-8-13(2)10-15(9-12)22(14-6-7-26(24,25)11-14)19(23)18-16(20)4-3-5-17(18)21/h3-10,14H,11H2,1-2H3/t14-/m1/s1. The SMILES string of the molecule is Cc1cc(C)cc(N(C(=O)c2c(F)cccc2Cl)[C@@H]2C=CS(=O)(=O)C2)c1. The van der Waals surface area contributed by atoms with Crippen molar-refractivity contribution in [2.45, 2.75) is 19.9 Å². The minimum absolute atomic E-state index is 0.0193. The zero-order valence-electron chi connectivity index (χ0n) is 14.2. The summed E-state index contributed by atoms with van der Waals surface area (Å²) in [6.07, 6.45) is 1.44. The minimum Gasteiger partial charge on any atom is -0.300 e. The Morgan fingerprint density at radius 3 is 2.38 bits per heavy atom. The van der Waals surface area contributed by atoms with E-state index in [9.17, 15) is 17.6 Å². The molecule has 0 aromatic heterocycles. The van der Waals surface area contributed by atoms with Crippen molar-refractivity contribution in [1.29, 1.82) is 0 Å². The van der Waals surface area contributed by atoms with E-state index in [1.54, 1.807) is 12.1 Å². The number of rotatable bonds is 3. The minimum atomic E-state index is -3.41. The Kier molecular flexibility index (Phi) is 4.90. The number of hydrogen-bond acceptors (Lipinski definition) is 3. The Balaban J connectivity index is 2.15. The largest absolute Gasteiger partial charge is 0.300 e. The Morgan fingerprint density at radius 1 is 1.19 bits per heavy atom. The summed E-state index contributed by atoms with van der Waals surface area (Å²) in [7, 11) is -3.41. The van der Waals surface area contributed by atoms with E-state index in [0.29, 0.717) is 5.69 Å². The Hall–Kier alpha value is -2.18. The van der Waals surface area contributed by atoms with E-state index < -0.39 is 27.6 Å². The fourth-order valence-electron chi connectivity index (χ4n) is 3.09. The van der Waals surface area contributed by atoms with Gasteiger partial charge >= 0.3 is 0 Å². The maximum atomic E-state index is 14.3. The number of anilines is 1. The molecule has 0 bridgehead atoms. The molecule has 26 heavy (non-hydrogen) atoms. The molecule has 1 aliphatic rings. The number of amides is 1. The number of carbonyl (C=O) groups excluding carboxylic acids is 1. The van der Waals surface area contributed by atoms with Gasteiger partial charge in [-0.2, -0.15) is 0 Å². The van der Waals surface area contributed by atoms with Crippen LogP contribution in [0.5, 0.6) is 0 Å². The van der Waals surface area contributed by atoms with E-state index in [-0.39, 0.29) is 16.3 Å². The molecule has 0 radical (unpaired) electrons. The van der Waals surface area contributed by atoms with Crippen molar-refractivity contribution in [2.75, 3.05) is 10.7 Å². The van der Waals surface area contributed by atoms with Crippen LogP contribution in [0.1, 0.15) is 21.5 Å². The molecule has 0 saturated carbocycles. The van der Waals surface area contributed by atoms with Gasteiger partial charge in [0.15, 0.2) is 9.84 Å². The summed E-state index contributed by atoms with van der Waals surface area (Å²) in [4.78, 5) is 14.5. The number of benzene rings is 2. The molecule has 1 amide bonds. The summed E-state index contributed by atoms with van der Waals surface area (Å²) in [5, 5.41) is 1.07. The molecule has 2 aromatic rings. The van der Waals surface area contributed by atoms with Gasteiger partial charge in [-0.15, -0.1) is 0 Å². The van der Waals surface area contributed by atoms with E-state index in [1.165, 1.54) is 23.1 Å². The lowest BCUT2D eigenvalue weighted by molar-refractivity contribution is 0.0979. The lowest BCUT2D eigenvalue weighted by atomic mass is 10.1. The Morgan fingerprint density at radius 2 is 1.85 bits per heavy atom. The zero-order chi connectivity index (χ0) is 19.1. The summed E-state index contributed by atoms with van der Waals surface area (Å²) < 4.78 is 38.1. The Labute approximate surface area is 156 Å². The average Bonchev–Trinajstić information content (AvgIpc) is 2.86. The number of hydrogen-bond donors (Lipinski definition) is 0. The average molecular weight is 394 g/mol. The molecule has 1 aliphatic heterocycles. The van der Waals surface area contributed by atoms with Crippen molar-refractivity contribution in [2.24, 2.45) is 0 Å². The van der Waals surface area contributed by atoms with Crippen LogP contribution in [0.3, 0.4) is 0 Å². The first-order valence-corrected chi connectivity index (χ1v) is 10.0. The van der Waals surface area contributed by atoms with Gasteiger partial charge in [-0.05, 0) is 55.3 Å². The van der Waals surface area contributed by atoms with Crippen LogP contribution >= 0.6 is 11.6 Å². The quantitative estimate of drug-likeness (QED) is 0.790. The summed E-state index contributed by atoms with van der Waals surface area (Å²) in [6, 6.07) is 8.72. The third-order valence-electron chi connectivity index (χ3n) is 4.12. The second-order valence-electron chi connectivity index (χ2n) is 6.34. The summed E-state index contributed by atoms with van der Waals surface area (Å²) >= 11 is 6.06. The maximum Gasteiger partial charge on any atom is 0.263 e. The molecule has 0 spiro atoms. The molecule has 2 aromatic carbocycles. The van der Waals surface area contributed by atoms with Crippen LogP contribution in [0, 0.1) is 19.7 Å². The third kappa shape index (κ3) is 3.66. The highest BCUT2D eigenvalue weighted by molar-refractivity contribution is 7.94. The van der Waals surface area contributed by atoms with Crippen LogP contribution in [0.15, 0.2) is 47.9 Å².